The summed E-state index contributed by atoms with van der Waals surface area (Å²) >= 11 is 0. The van der Waals surface area contributed by atoms with Crippen LogP contribution in [0.25, 0.3) is 28.5 Å². The summed E-state index contributed by atoms with van der Waals surface area (Å²) in [4.78, 5) is 12.9. The fraction of sp³-hybridized carbons (Fsp3) is 0.0588. The second-order valence-corrected chi connectivity index (χ2v) is 5.04. The molecule has 0 radical (unpaired) electrons. The van der Waals surface area contributed by atoms with Gasteiger partial charge in [0, 0.05) is 24.2 Å². The summed E-state index contributed by atoms with van der Waals surface area (Å²) < 4.78 is 7.16. The Bertz CT molecular complexity index is 928. The van der Waals surface area contributed by atoms with Gasteiger partial charge in [-0.25, -0.2) is 15.0 Å². The lowest BCUT2D eigenvalue weighted by Crippen LogP contribution is -1.96. The quantitative estimate of drug-likeness (QED) is 0.581. The van der Waals surface area contributed by atoms with Crippen LogP contribution in [0.4, 0.5) is 0 Å². The number of benzene rings is 1. The van der Waals surface area contributed by atoms with E-state index in [1.165, 1.54) is 0 Å². The maximum Gasteiger partial charge on any atom is 0.234 e. The molecule has 0 fully saturated rings. The number of rotatable bonds is 3. The van der Waals surface area contributed by atoms with Gasteiger partial charge in [0.25, 0.3) is 0 Å². The Morgan fingerprint density at radius 2 is 1.74 bits per heavy atom. The predicted octanol–water partition coefficient (Wildman–Crippen LogP) is 3.29. The number of hydrogen-bond acceptors (Lipinski definition) is 5. The summed E-state index contributed by atoms with van der Waals surface area (Å²) in [5.74, 6) is 1.30. The molecule has 3 heterocycles. The van der Waals surface area contributed by atoms with Gasteiger partial charge >= 0.3 is 0 Å². The molecule has 3 aromatic heterocycles. The molecular weight excluding hydrogens is 290 g/mol. The Balaban J connectivity index is 1.81. The molecule has 0 N–H and O–H groups in total. The first kappa shape index (κ1) is 13.4. The largest absolute Gasteiger partial charge is 0.360 e. The van der Waals surface area contributed by atoms with Gasteiger partial charge in [0.05, 0.1) is 11.3 Å². The monoisotopic (exact) mass is 303 g/mol. The van der Waals surface area contributed by atoms with Gasteiger partial charge in [0.15, 0.2) is 0 Å². The summed E-state index contributed by atoms with van der Waals surface area (Å²) in [6.07, 6.45) is 6.96. The highest BCUT2D eigenvalue weighted by Gasteiger charge is 2.19. The molecule has 6 heteroatoms. The number of aromatic nitrogens is 5. The molecule has 0 atom stereocenters. The average molecular weight is 303 g/mol. The van der Waals surface area contributed by atoms with Crippen LogP contribution in [0.5, 0.6) is 0 Å². The molecule has 0 aliphatic heterocycles. The summed E-state index contributed by atoms with van der Waals surface area (Å²) in [5.41, 5.74) is 3.42. The van der Waals surface area contributed by atoms with Crippen molar-refractivity contribution in [1.29, 1.82) is 0 Å². The molecular formula is C17H13N5O. The fourth-order valence-electron chi connectivity index (χ4n) is 2.45. The summed E-state index contributed by atoms with van der Waals surface area (Å²) in [5, 5.41) is 4.19. The average Bonchev–Trinajstić information content (AvgIpc) is 3.23. The van der Waals surface area contributed by atoms with Gasteiger partial charge in [-0.1, -0.05) is 35.5 Å². The molecule has 0 saturated heterocycles. The third-order valence-electron chi connectivity index (χ3n) is 3.53. The molecule has 0 bridgehead atoms. The first-order chi connectivity index (χ1) is 11.3. The van der Waals surface area contributed by atoms with Crippen LogP contribution in [-0.2, 0) is 0 Å². The highest BCUT2D eigenvalue weighted by atomic mass is 16.5. The van der Waals surface area contributed by atoms with E-state index >= 15 is 0 Å². The number of hydrogen-bond donors (Lipinski definition) is 0. The summed E-state index contributed by atoms with van der Waals surface area (Å²) in [6.45, 7) is 1.88. The second-order valence-electron chi connectivity index (χ2n) is 5.04. The lowest BCUT2D eigenvalue weighted by atomic mass is 10.0. The first-order valence-electron chi connectivity index (χ1n) is 7.16. The highest BCUT2D eigenvalue weighted by molar-refractivity contribution is 5.79. The van der Waals surface area contributed by atoms with Gasteiger partial charge < -0.3 is 4.52 Å². The van der Waals surface area contributed by atoms with Crippen LogP contribution in [-0.4, -0.2) is 24.7 Å². The first-order valence-corrected chi connectivity index (χ1v) is 7.16. The molecule has 112 valence electrons. The lowest BCUT2D eigenvalue weighted by molar-refractivity contribution is 0.400. The van der Waals surface area contributed by atoms with Gasteiger partial charge in [-0.2, -0.15) is 0 Å². The van der Waals surface area contributed by atoms with E-state index in [4.69, 9.17) is 4.52 Å². The van der Waals surface area contributed by atoms with Crippen molar-refractivity contribution < 1.29 is 4.52 Å². The highest BCUT2D eigenvalue weighted by Crippen LogP contribution is 2.33. The van der Waals surface area contributed by atoms with Crippen LogP contribution in [0.2, 0.25) is 0 Å². The van der Waals surface area contributed by atoms with Crippen molar-refractivity contribution in [2.24, 2.45) is 0 Å². The second kappa shape index (κ2) is 5.49. The molecule has 1 aromatic carbocycles. The minimum absolute atomic E-state index is 0.571. The normalized spacial score (nSPS) is 10.8. The maximum atomic E-state index is 5.39. The van der Waals surface area contributed by atoms with E-state index in [9.17, 15) is 0 Å². The van der Waals surface area contributed by atoms with E-state index in [-0.39, 0.29) is 0 Å². The van der Waals surface area contributed by atoms with E-state index in [0.717, 1.165) is 28.3 Å². The van der Waals surface area contributed by atoms with E-state index in [0.29, 0.717) is 5.95 Å². The maximum absolute atomic E-state index is 5.39. The van der Waals surface area contributed by atoms with Crippen LogP contribution < -0.4 is 0 Å². The van der Waals surface area contributed by atoms with Crippen molar-refractivity contribution in [3.8, 4) is 28.5 Å². The van der Waals surface area contributed by atoms with Crippen LogP contribution in [0.1, 0.15) is 5.76 Å². The molecule has 0 spiro atoms. The molecule has 0 aliphatic rings. The minimum atomic E-state index is 0.571. The molecule has 0 saturated carbocycles. The lowest BCUT2D eigenvalue weighted by Gasteiger charge is -2.00. The molecule has 4 rings (SSSR count). The van der Waals surface area contributed by atoms with Gasteiger partial charge in [0.1, 0.15) is 17.8 Å². The zero-order valence-corrected chi connectivity index (χ0v) is 12.4. The van der Waals surface area contributed by atoms with Gasteiger partial charge in [-0.15, -0.1) is 0 Å². The number of imidazole rings is 1. The van der Waals surface area contributed by atoms with E-state index in [1.807, 2.05) is 43.5 Å². The van der Waals surface area contributed by atoms with Gasteiger partial charge in [-0.3, -0.25) is 4.57 Å². The fourth-order valence-corrected chi connectivity index (χ4v) is 2.45. The Hall–Kier alpha value is -3.28. The van der Waals surface area contributed by atoms with E-state index in [2.05, 4.69) is 20.1 Å². The van der Waals surface area contributed by atoms with Crippen molar-refractivity contribution in [3.63, 3.8) is 0 Å². The topological polar surface area (TPSA) is 69.6 Å². The van der Waals surface area contributed by atoms with Gasteiger partial charge in [0.2, 0.25) is 5.95 Å². The van der Waals surface area contributed by atoms with E-state index < -0.39 is 0 Å². The van der Waals surface area contributed by atoms with Crippen molar-refractivity contribution in [2.45, 2.75) is 6.92 Å². The van der Waals surface area contributed by atoms with Gasteiger partial charge in [-0.05, 0) is 13.0 Å². The third-order valence-corrected chi connectivity index (χ3v) is 3.53. The minimum Gasteiger partial charge on any atom is -0.360 e. The predicted molar refractivity (Wildman–Crippen MR) is 84.8 cm³/mol. The number of nitrogens with zero attached hydrogens (tertiary/aromatic N) is 5. The number of aryl methyl sites for hydroxylation is 1. The van der Waals surface area contributed by atoms with Crippen LogP contribution >= 0.6 is 0 Å². The van der Waals surface area contributed by atoms with Crippen LogP contribution in [0.3, 0.4) is 0 Å². The Kier molecular flexibility index (Phi) is 3.20. The SMILES string of the molecule is Cc1onc(-c2ccccc2)c1-c1cn(-c2ncccn2)cn1. The van der Waals surface area contributed by atoms with Crippen molar-refractivity contribution in [3.05, 3.63) is 67.1 Å². The molecule has 0 unspecified atom stereocenters. The smallest absolute Gasteiger partial charge is 0.234 e. The van der Waals surface area contributed by atoms with Crippen LogP contribution in [0, 0.1) is 6.92 Å². The van der Waals surface area contributed by atoms with Crippen LogP contribution in [0.15, 0.2) is 65.8 Å². The molecule has 0 aliphatic carbocycles. The van der Waals surface area contributed by atoms with Crippen molar-refractivity contribution >= 4 is 0 Å². The molecule has 4 aromatic rings. The van der Waals surface area contributed by atoms with Crippen molar-refractivity contribution in [2.75, 3.05) is 0 Å². The molecule has 6 nitrogen and oxygen atoms in total. The van der Waals surface area contributed by atoms with Crippen molar-refractivity contribution in [1.82, 2.24) is 24.7 Å². The zero-order chi connectivity index (χ0) is 15.6. The third kappa shape index (κ3) is 2.40. The Labute approximate surface area is 132 Å². The molecule has 0 amide bonds. The summed E-state index contributed by atoms with van der Waals surface area (Å²) in [6, 6.07) is 11.7. The Morgan fingerprint density at radius 3 is 2.52 bits per heavy atom. The molecule has 23 heavy (non-hydrogen) atoms. The standard InChI is InChI=1S/C17H13N5O/c1-12-15(16(21-23-12)13-6-3-2-4-7-13)14-10-22(11-20-14)17-18-8-5-9-19-17/h2-11H,1H3. The van der Waals surface area contributed by atoms with E-state index in [1.54, 1.807) is 29.4 Å². The Morgan fingerprint density at radius 1 is 0.957 bits per heavy atom. The summed E-state index contributed by atoms with van der Waals surface area (Å²) in [7, 11) is 0. The zero-order valence-electron chi connectivity index (χ0n) is 12.4.